The number of nitrogens with one attached hydrogen (secondary N) is 1. The molecule has 9 heteroatoms. The van der Waals surface area contributed by atoms with E-state index in [-0.39, 0.29) is 24.4 Å². The van der Waals surface area contributed by atoms with E-state index in [1.54, 1.807) is 17.0 Å². The maximum Gasteiger partial charge on any atom is 0.433 e. The fraction of sp³-hybridized carbons (Fsp3) is 0.400. The second-order valence-corrected chi connectivity index (χ2v) is 6.73. The van der Waals surface area contributed by atoms with E-state index < -0.39 is 11.9 Å². The van der Waals surface area contributed by atoms with Gasteiger partial charge in [0.25, 0.3) is 0 Å². The number of likely N-dealkylation sites (tertiary alicyclic amines) is 1. The van der Waals surface area contributed by atoms with Crippen LogP contribution in [0.4, 0.5) is 23.7 Å². The molecule has 3 rings (SSSR count). The van der Waals surface area contributed by atoms with Crippen molar-refractivity contribution in [1.29, 1.82) is 0 Å². The second kappa shape index (κ2) is 9.02. The number of pyridine rings is 1. The number of benzene rings is 1. The van der Waals surface area contributed by atoms with E-state index in [4.69, 9.17) is 9.47 Å². The van der Waals surface area contributed by atoms with E-state index in [1.807, 2.05) is 12.1 Å². The van der Waals surface area contributed by atoms with Gasteiger partial charge in [0.2, 0.25) is 5.88 Å². The molecule has 0 saturated carbocycles. The number of nitrogens with zero attached hydrogens (tertiary/aromatic N) is 2. The van der Waals surface area contributed by atoms with Gasteiger partial charge in [-0.1, -0.05) is 18.2 Å². The number of halogens is 3. The van der Waals surface area contributed by atoms with Crippen LogP contribution in [0.1, 0.15) is 18.5 Å². The van der Waals surface area contributed by atoms with Crippen molar-refractivity contribution in [3.05, 3.63) is 48.2 Å². The number of para-hydroxylation sites is 2. The zero-order chi connectivity index (χ0) is 20.9. The average molecular weight is 409 g/mol. The molecule has 1 aromatic carbocycles. The summed E-state index contributed by atoms with van der Waals surface area (Å²) in [5.74, 6) is 0.676. The fourth-order valence-corrected chi connectivity index (χ4v) is 3.10. The molecular weight excluding hydrogens is 387 g/mol. The van der Waals surface area contributed by atoms with Crippen molar-refractivity contribution in [3.8, 4) is 11.6 Å². The molecule has 1 fully saturated rings. The Bertz CT molecular complexity index is 837. The number of carbonyl (C=O) groups is 1. The van der Waals surface area contributed by atoms with Crippen molar-refractivity contribution in [1.82, 2.24) is 9.88 Å². The van der Waals surface area contributed by atoms with E-state index in [2.05, 4.69) is 10.3 Å². The van der Waals surface area contributed by atoms with Gasteiger partial charge in [-0.15, -0.1) is 0 Å². The normalized spacial score (nSPS) is 15.1. The minimum atomic E-state index is -4.50. The summed E-state index contributed by atoms with van der Waals surface area (Å²) in [5.41, 5.74) is -0.376. The number of amides is 2. The molecule has 1 aliphatic heterocycles. The van der Waals surface area contributed by atoms with E-state index in [9.17, 15) is 18.0 Å². The van der Waals surface area contributed by atoms with Gasteiger partial charge in [-0.3, -0.25) is 0 Å². The topological polar surface area (TPSA) is 63.7 Å². The minimum Gasteiger partial charge on any atom is -0.495 e. The van der Waals surface area contributed by atoms with Crippen LogP contribution in [0.3, 0.4) is 0 Å². The van der Waals surface area contributed by atoms with Crippen LogP contribution in [-0.2, 0) is 6.18 Å². The van der Waals surface area contributed by atoms with Gasteiger partial charge in [0.05, 0.1) is 19.4 Å². The van der Waals surface area contributed by atoms with Crippen LogP contribution in [0.25, 0.3) is 0 Å². The zero-order valence-electron chi connectivity index (χ0n) is 15.9. The summed E-state index contributed by atoms with van der Waals surface area (Å²) in [6, 6.07) is 10.5. The summed E-state index contributed by atoms with van der Waals surface area (Å²) in [7, 11) is 1.54. The van der Waals surface area contributed by atoms with Crippen LogP contribution in [-0.4, -0.2) is 42.7 Å². The van der Waals surface area contributed by atoms with Crippen LogP contribution >= 0.6 is 0 Å². The molecule has 0 radical (unpaired) electrons. The summed E-state index contributed by atoms with van der Waals surface area (Å²) in [5, 5.41) is 2.84. The number of hydrogen-bond acceptors (Lipinski definition) is 4. The van der Waals surface area contributed by atoms with Crippen LogP contribution in [0, 0.1) is 5.92 Å². The number of ether oxygens (including phenoxy) is 2. The predicted molar refractivity (Wildman–Crippen MR) is 101 cm³/mol. The third-order valence-electron chi connectivity index (χ3n) is 4.73. The Balaban J connectivity index is 1.47. The van der Waals surface area contributed by atoms with Crippen LogP contribution in [0.5, 0.6) is 11.6 Å². The number of rotatable bonds is 5. The van der Waals surface area contributed by atoms with Crippen LogP contribution in [0.15, 0.2) is 42.5 Å². The van der Waals surface area contributed by atoms with Crippen LogP contribution in [0.2, 0.25) is 0 Å². The summed E-state index contributed by atoms with van der Waals surface area (Å²) in [4.78, 5) is 17.7. The average Bonchev–Trinajstić information content (AvgIpc) is 2.72. The highest BCUT2D eigenvalue weighted by molar-refractivity contribution is 5.91. The first-order valence-corrected chi connectivity index (χ1v) is 9.23. The van der Waals surface area contributed by atoms with Gasteiger partial charge in [0.1, 0.15) is 11.4 Å². The molecule has 2 aromatic rings. The lowest BCUT2D eigenvalue weighted by atomic mass is 9.98. The van der Waals surface area contributed by atoms with Gasteiger partial charge in [-0.05, 0) is 37.0 Å². The molecule has 2 amide bonds. The number of piperidine rings is 1. The monoisotopic (exact) mass is 409 g/mol. The Labute approximate surface area is 166 Å². The van der Waals surface area contributed by atoms with Gasteiger partial charge in [0.15, 0.2) is 0 Å². The molecule has 156 valence electrons. The number of carbonyl (C=O) groups excluding carboxylic acids is 1. The first kappa shape index (κ1) is 20.8. The summed E-state index contributed by atoms with van der Waals surface area (Å²) in [6.45, 7) is 1.33. The van der Waals surface area contributed by atoms with E-state index in [0.29, 0.717) is 37.4 Å². The summed E-state index contributed by atoms with van der Waals surface area (Å²) in [6.07, 6.45) is -3.11. The maximum absolute atomic E-state index is 12.7. The lowest BCUT2D eigenvalue weighted by molar-refractivity contribution is -0.141. The quantitative estimate of drug-likeness (QED) is 0.794. The van der Waals surface area contributed by atoms with Gasteiger partial charge in [-0.25, -0.2) is 9.78 Å². The molecule has 0 bridgehead atoms. The number of hydrogen-bond donors (Lipinski definition) is 1. The van der Waals surface area contributed by atoms with Crippen molar-refractivity contribution in [2.24, 2.45) is 5.92 Å². The first-order chi connectivity index (χ1) is 13.9. The molecule has 2 heterocycles. The third kappa shape index (κ3) is 5.52. The molecule has 1 saturated heterocycles. The van der Waals surface area contributed by atoms with E-state index in [0.717, 1.165) is 6.07 Å². The van der Waals surface area contributed by atoms with Crippen molar-refractivity contribution in [2.75, 3.05) is 32.1 Å². The highest BCUT2D eigenvalue weighted by atomic mass is 19.4. The SMILES string of the molecule is COc1ccccc1NC(=O)N1CCC(COc2cccc(C(F)(F)F)n2)CC1. The van der Waals surface area contributed by atoms with Crippen molar-refractivity contribution in [3.63, 3.8) is 0 Å². The number of alkyl halides is 3. The Morgan fingerprint density at radius 2 is 1.90 bits per heavy atom. The number of anilines is 1. The van der Waals surface area contributed by atoms with E-state index >= 15 is 0 Å². The Morgan fingerprint density at radius 1 is 1.17 bits per heavy atom. The van der Waals surface area contributed by atoms with E-state index in [1.165, 1.54) is 19.2 Å². The minimum absolute atomic E-state index is 0.0452. The molecule has 29 heavy (non-hydrogen) atoms. The molecule has 6 nitrogen and oxygen atoms in total. The molecule has 0 atom stereocenters. The van der Waals surface area contributed by atoms with Crippen molar-refractivity contribution >= 4 is 11.7 Å². The van der Waals surface area contributed by atoms with Crippen molar-refractivity contribution in [2.45, 2.75) is 19.0 Å². The zero-order valence-corrected chi connectivity index (χ0v) is 15.9. The molecule has 1 aromatic heterocycles. The second-order valence-electron chi connectivity index (χ2n) is 6.73. The highest BCUT2D eigenvalue weighted by Crippen LogP contribution is 2.29. The Hall–Kier alpha value is -2.97. The Morgan fingerprint density at radius 3 is 2.59 bits per heavy atom. The molecule has 1 N–H and O–H groups in total. The van der Waals surface area contributed by atoms with Crippen molar-refractivity contribution < 1.29 is 27.4 Å². The maximum atomic E-state index is 12.7. The number of urea groups is 1. The predicted octanol–water partition coefficient (Wildman–Crippen LogP) is 4.43. The van der Waals surface area contributed by atoms with Gasteiger partial charge < -0.3 is 19.7 Å². The van der Waals surface area contributed by atoms with Gasteiger partial charge in [0, 0.05) is 19.2 Å². The lowest BCUT2D eigenvalue weighted by Crippen LogP contribution is -2.42. The molecule has 0 aliphatic carbocycles. The lowest BCUT2D eigenvalue weighted by Gasteiger charge is -2.32. The largest absolute Gasteiger partial charge is 0.495 e. The Kier molecular flexibility index (Phi) is 6.46. The van der Waals surface area contributed by atoms with Gasteiger partial charge >= 0.3 is 12.2 Å². The standard InChI is InChI=1S/C20H22F3N3O3/c1-28-16-6-3-2-5-15(16)24-19(27)26-11-9-14(10-12-26)13-29-18-8-4-7-17(25-18)20(21,22)23/h2-8,14H,9-13H2,1H3,(H,24,27). The first-order valence-electron chi connectivity index (χ1n) is 9.23. The summed E-state index contributed by atoms with van der Waals surface area (Å²) >= 11 is 0. The van der Waals surface area contributed by atoms with Gasteiger partial charge in [-0.2, -0.15) is 13.2 Å². The molecular formula is C20H22F3N3O3. The highest BCUT2D eigenvalue weighted by Gasteiger charge is 2.32. The fourth-order valence-electron chi connectivity index (χ4n) is 3.10. The van der Waals surface area contributed by atoms with Crippen LogP contribution < -0.4 is 14.8 Å². The third-order valence-corrected chi connectivity index (χ3v) is 4.73. The summed E-state index contributed by atoms with van der Waals surface area (Å²) < 4.78 is 48.8. The molecule has 0 unspecified atom stereocenters. The number of methoxy groups -OCH3 is 1. The molecule has 1 aliphatic rings. The molecule has 0 spiro atoms. The smallest absolute Gasteiger partial charge is 0.433 e. The number of aromatic nitrogens is 1.